The zero-order valence-electron chi connectivity index (χ0n) is 8.86. The van der Waals surface area contributed by atoms with Gasteiger partial charge in [0, 0.05) is 11.4 Å². The van der Waals surface area contributed by atoms with Gasteiger partial charge in [-0.05, 0) is 38.1 Å². The summed E-state index contributed by atoms with van der Waals surface area (Å²) in [4.78, 5) is 0. The third-order valence-corrected chi connectivity index (χ3v) is 2.45. The molecule has 0 fully saturated rings. The Bertz CT molecular complexity index is 427. The highest BCUT2D eigenvalue weighted by Gasteiger charge is 2.03. The van der Waals surface area contributed by atoms with E-state index in [0.717, 1.165) is 17.4 Å². The van der Waals surface area contributed by atoms with E-state index in [0.29, 0.717) is 6.04 Å². The second-order valence-corrected chi connectivity index (χ2v) is 3.59. The Morgan fingerprint density at radius 3 is 3.00 bits per heavy atom. The molecule has 0 saturated carbocycles. The molecule has 3 nitrogen and oxygen atoms in total. The number of fused-ring (bicyclic) bond motifs is 1. The average Bonchev–Trinajstić information content (AvgIpc) is 2.64. The van der Waals surface area contributed by atoms with Gasteiger partial charge in [-0.2, -0.15) is 0 Å². The lowest BCUT2D eigenvalue weighted by Crippen LogP contribution is -2.23. The fourth-order valence-electron chi connectivity index (χ4n) is 1.50. The van der Waals surface area contributed by atoms with Crippen LogP contribution in [0.1, 0.15) is 12.5 Å². The molecule has 4 heteroatoms. The van der Waals surface area contributed by atoms with Gasteiger partial charge in [0.25, 0.3) is 0 Å². The molecule has 0 saturated heterocycles. The van der Waals surface area contributed by atoms with Crippen molar-refractivity contribution in [3.05, 3.63) is 30.0 Å². The van der Waals surface area contributed by atoms with Crippen molar-refractivity contribution in [1.82, 2.24) is 10.5 Å². The molecule has 0 aliphatic carbocycles. The standard InChI is InChI=1S/C11H14N2O.ClH/c1-8(12-2)5-9-3-4-11-10(6-9)7-13-14-11;/h3-4,6-8,12H,5H2,1-2H3;1H. The second-order valence-electron chi connectivity index (χ2n) is 3.59. The molecule has 2 aromatic rings. The topological polar surface area (TPSA) is 38.1 Å². The van der Waals surface area contributed by atoms with Crippen molar-refractivity contribution < 1.29 is 4.52 Å². The number of rotatable bonds is 3. The van der Waals surface area contributed by atoms with Crippen LogP contribution in [0.25, 0.3) is 11.0 Å². The van der Waals surface area contributed by atoms with E-state index < -0.39 is 0 Å². The molecule has 1 aromatic heterocycles. The molecule has 1 N–H and O–H groups in total. The number of halogens is 1. The molecule has 0 amide bonds. The Hall–Kier alpha value is -1.06. The van der Waals surface area contributed by atoms with Gasteiger partial charge < -0.3 is 9.84 Å². The summed E-state index contributed by atoms with van der Waals surface area (Å²) < 4.78 is 5.04. The van der Waals surface area contributed by atoms with Crippen molar-refractivity contribution in [2.24, 2.45) is 0 Å². The summed E-state index contributed by atoms with van der Waals surface area (Å²) in [5.41, 5.74) is 2.16. The van der Waals surface area contributed by atoms with Crippen LogP contribution in [0.3, 0.4) is 0 Å². The Morgan fingerprint density at radius 2 is 2.27 bits per heavy atom. The molecule has 1 heterocycles. The molecule has 0 aliphatic heterocycles. The van der Waals surface area contributed by atoms with Crippen LogP contribution in [0.15, 0.2) is 28.9 Å². The second kappa shape index (κ2) is 5.14. The van der Waals surface area contributed by atoms with Crippen molar-refractivity contribution in [1.29, 1.82) is 0 Å². The fourth-order valence-corrected chi connectivity index (χ4v) is 1.50. The van der Waals surface area contributed by atoms with Gasteiger partial charge in [0.05, 0.1) is 6.20 Å². The van der Waals surface area contributed by atoms with E-state index in [1.54, 1.807) is 6.20 Å². The summed E-state index contributed by atoms with van der Waals surface area (Å²) >= 11 is 0. The molecule has 82 valence electrons. The van der Waals surface area contributed by atoms with Crippen molar-refractivity contribution >= 4 is 23.4 Å². The molecule has 1 aromatic carbocycles. The first kappa shape index (κ1) is 12.0. The number of aromatic nitrogens is 1. The van der Waals surface area contributed by atoms with Crippen LogP contribution in [0, 0.1) is 0 Å². The van der Waals surface area contributed by atoms with E-state index in [-0.39, 0.29) is 12.4 Å². The molecule has 0 spiro atoms. The largest absolute Gasteiger partial charge is 0.356 e. The van der Waals surface area contributed by atoms with Gasteiger partial charge in [0.2, 0.25) is 0 Å². The lowest BCUT2D eigenvalue weighted by molar-refractivity contribution is 0.456. The van der Waals surface area contributed by atoms with Gasteiger partial charge in [-0.1, -0.05) is 11.2 Å². The van der Waals surface area contributed by atoms with Gasteiger partial charge in [0.1, 0.15) is 0 Å². The maximum Gasteiger partial charge on any atom is 0.166 e. The zero-order chi connectivity index (χ0) is 9.97. The van der Waals surface area contributed by atoms with Crippen LogP contribution in [0.2, 0.25) is 0 Å². The summed E-state index contributed by atoms with van der Waals surface area (Å²) in [5, 5.41) is 8.04. The van der Waals surface area contributed by atoms with Crippen LogP contribution in [0.4, 0.5) is 0 Å². The minimum Gasteiger partial charge on any atom is -0.356 e. The summed E-state index contributed by atoms with van der Waals surface area (Å²) in [5.74, 6) is 0. The predicted octanol–water partition coefficient (Wildman–Crippen LogP) is 2.40. The first-order chi connectivity index (χ1) is 6.79. The summed E-state index contributed by atoms with van der Waals surface area (Å²) in [6.45, 7) is 2.16. The molecule has 2 rings (SSSR count). The van der Waals surface area contributed by atoms with E-state index in [9.17, 15) is 0 Å². The maximum atomic E-state index is 5.04. The zero-order valence-corrected chi connectivity index (χ0v) is 9.67. The molecule has 0 aliphatic rings. The average molecular weight is 227 g/mol. The van der Waals surface area contributed by atoms with E-state index in [4.69, 9.17) is 4.52 Å². The van der Waals surface area contributed by atoms with Crippen molar-refractivity contribution in [3.8, 4) is 0 Å². The lowest BCUT2D eigenvalue weighted by atomic mass is 10.1. The fraction of sp³-hybridized carbons (Fsp3) is 0.364. The van der Waals surface area contributed by atoms with Gasteiger partial charge in [-0.25, -0.2) is 0 Å². The van der Waals surface area contributed by atoms with Gasteiger partial charge in [-0.15, -0.1) is 12.4 Å². The number of benzene rings is 1. The van der Waals surface area contributed by atoms with Crippen LogP contribution in [-0.4, -0.2) is 18.2 Å². The van der Waals surface area contributed by atoms with Crippen molar-refractivity contribution in [3.63, 3.8) is 0 Å². The van der Waals surface area contributed by atoms with Crippen LogP contribution in [-0.2, 0) is 6.42 Å². The third-order valence-electron chi connectivity index (χ3n) is 2.45. The number of nitrogens with zero attached hydrogens (tertiary/aromatic N) is 1. The Morgan fingerprint density at radius 1 is 1.47 bits per heavy atom. The SMILES string of the molecule is CNC(C)Cc1ccc2oncc2c1.Cl. The van der Waals surface area contributed by atoms with Crippen LogP contribution in [0.5, 0.6) is 0 Å². The highest BCUT2D eigenvalue weighted by Crippen LogP contribution is 2.15. The Kier molecular flexibility index (Phi) is 4.12. The van der Waals surface area contributed by atoms with Crippen molar-refractivity contribution in [2.45, 2.75) is 19.4 Å². The minimum atomic E-state index is 0. The Balaban J connectivity index is 0.00000112. The summed E-state index contributed by atoms with van der Waals surface area (Å²) in [6.07, 6.45) is 2.78. The monoisotopic (exact) mass is 226 g/mol. The first-order valence-corrected chi connectivity index (χ1v) is 4.80. The van der Waals surface area contributed by atoms with E-state index in [1.165, 1.54) is 5.56 Å². The molecular weight excluding hydrogens is 212 g/mol. The molecule has 0 radical (unpaired) electrons. The number of likely N-dealkylation sites (N-methyl/N-ethyl adjacent to an activating group) is 1. The third kappa shape index (κ3) is 2.70. The van der Waals surface area contributed by atoms with Gasteiger partial charge in [-0.3, -0.25) is 0 Å². The minimum absolute atomic E-state index is 0. The smallest absolute Gasteiger partial charge is 0.166 e. The van der Waals surface area contributed by atoms with Gasteiger partial charge in [0.15, 0.2) is 5.58 Å². The van der Waals surface area contributed by atoms with E-state index >= 15 is 0 Å². The van der Waals surface area contributed by atoms with Gasteiger partial charge >= 0.3 is 0 Å². The summed E-state index contributed by atoms with van der Waals surface area (Å²) in [6, 6.07) is 6.67. The normalized spacial score (nSPS) is 12.4. The highest BCUT2D eigenvalue weighted by molar-refractivity contribution is 5.85. The maximum absolute atomic E-state index is 5.04. The number of nitrogens with one attached hydrogen (secondary N) is 1. The quantitative estimate of drug-likeness (QED) is 0.874. The van der Waals surface area contributed by atoms with Crippen LogP contribution < -0.4 is 5.32 Å². The van der Waals surface area contributed by atoms with E-state index in [1.807, 2.05) is 13.1 Å². The predicted molar refractivity (Wildman–Crippen MR) is 63.5 cm³/mol. The molecule has 15 heavy (non-hydrogen) atoms. The number of hydrogen-bond donors (Lipinski definition) is 1. The molecule has 1 unspecified atom stereocenters. The number of hydrogen-bond acceptors (Lipinski definition) is 3. The van der Waals surface area contributed by atoms with Crippen molar-refractivity contribution in [2.75, 3.05) is 7.05 Å². The summed E-state index contributed by atoms with van der Waals surface area (Å²) in [7, 11) is 1.97. The Labute approximate surface area is 95.2 Å². The highest BCUT2D eigenvalue weighted by atomic mass is 35.5. The lowest BCUT2D eigenvalue weighted by Gasteiger charge is -2.09. The molecular formula is C11H15ClN2O. The first-order valence-electron chi connectivity index (χ1n) is 4.80. The molecule has 1 atom stereocenters. The van der Waals surface area contributed by atoms with E-state index in [2.05, 4.69) is 29.5 Å². The van der Waals surface area contributed by atoms with Crippen LogP contribution >= 0.6 is 12.4 Å². The molecule has 0 bridgehead atoms.